The molecule has 2 N–H and O–H groups in total. The third kappa shape index (κ3) is 4.56. The van der Waals surface area contributed by atoms with Gasteiger partial charge in [0.1, 0.15) is 17.2 Å². The summed E-state index contributed by atoms with van der Waals surface area (Å²) in [6, 6.07) is 7.84. The van der Waals surface area contributed by atoms with Gasteiger partial charge in [-0.2, -0.15) is 0 Å². The molecule has 0 saturated heterocycles. The number of fused-ring (bicyclic) bond motifs is 2. The van der Waals surface area contributed by atoms with Crippen molar-refractivity contribution in [3.63, 3.8) is 0 Å². The van der Waals surface area contributed by atoms with Crippen LogP contribution in [0, 0.1) is 5.82 Å². The van der Waals surface area contributed by atoms with Gasteiger partial charge in [0.2, 0.25) is 5.82 Å². The molecule has 10 nitrogen and oxygen atoms in total. The van der Waals surface area contributed by atoms with Crippen LogP contribution in [0.25, 0.3) is 5.65 Å². The van der Waals surface area contributed by atoms with E-state index in [-0.39, 0.29) is 35.7 Å². The zero-order valence-electron chi connectivity index (χ0n) is 18.3. The van der Waals surface area contributed by atoms with E-state index in [0.29, 0.717) is 36.3 Å². The van der Waals surface area contributed by atoms with Gasteiger partial charge < -0.3 is 19.7 Å². The molecular weight excluding hydrogens is 455 g/mol. The van der Waals surface area contributed by atoms with Crippen LogP contribution in [0.5, 0.6) is 0 Å². The Morgan fingerprint density at radius 1 is 1.06 bits per heavy atom. The molecule has 0 spiro atoms. The molecule has 5 rings (SSSR count). The van der Waals surface area contributed by atoms with Crippen LogP contribution >= 0.6 is 0 Å². The van der Waals surface area contributed by atoms with Crippen LogP contribution in [0.1, 0.15) is 48.2 Å². The smallest absolute Gasteiger partial charge is 0.373 e. The number of benzene rings is 1. The molecule has 0 fully saturated rings. The van der Waals surface area contributed by atoms with Crippen molar-refractivity contribution < 1.29 is 23.9 Å². The van der Waals surface area contributed by atoms with Crippen LogP contribution < -0.4 is 5.32 Å². The number of rotatable bonds is 5. The zero-order chi connectivity index (χ0) is 24.5. The van der Waals surface area contributed by atoms with Crippen LogP contribution in [-0.2, 0) is 19.5 Å². The van der Waals surface area contributed by atoms with E-state index >= 15 is 0 Å². The maximum Gasteiger partial charge on any atom is 0.373 e. The van der Waals surface area contributed by atoms with Gasteiger partial charge in [-0.25, -0.2) is 24.1 Å². The van der Waals surface area contributed by atoms with E-state index in [1.807, 2.05) is 0 Å². The number of carbonyl (C=O) groups excluding carboxylic acids is 2. The predicted octanol–water partition coefficient (Wildman–Crippen LogP) is 2.09. The summed E-state index contributed by atoms with van der Waals surface area (Å²) in [5.74, 6) is -2.44. The number of hydrogen-bond donors (Lipinski definition) is 2. The average molecular weight is 474 g/mol. The van der Waals surface area contributed by atoms with E-state index in [1.54, 1.807) is 39.9 Å². The Labute approximate surface area is 198 Å². The molecule has 176 valence electrons. The Balaban J connectivity index is 1.27. The molecule has 0 bridgehead atoms. The Morgan fingerprint density at radius 3 is 2.63 bits per heavy atom. The van der Waals surface area contributed by atoms with Gasteiger partial charge in [0.25, 0.3) is 11.8 Å². The molecule has 0 saturated carbocycles. The summed E-state index contributed by atoms with van der Waals surface area (Å²) in [7, 11) is 0. The van der Waals surface area contributed by atoms with Crippen LogP contribution in [0.2, 0.25) is 0 Å². The van der Waals surface area contributed by atoms with Gasteiger partial charge >= 0.3 is 5.97 Å². The number of pyridine rings is 1. The molecule has 1 aromatic carbocycles. The van der Waals surface area contributed by atoms with E-state index in [2.05, 4.69) is 20.3 Å². The largest absolute Gasteiger partial charge is 0.475 e. The highest BCUT2D eigenvalue weighted by Gasteiger charge is 2.24. The molecule has 0 radical (unpaired) electrons. The SMILES string of the molecule is O=C(NCc1cnc(C(=O)O)nc1)c1ccc2nc(C(=O)N3CCc4cc(F)ccc4C3)cn2c1. The van der Waals surface area contributed by atoms with Crippen molar-refractivity contribution in [2.24, 2.45) is 0 Å². The molecule has 0 unspecified atom stereocenters. The number of carboxylic acids is 1. The van der Waals surface area contributed by atoms with E-state index in [0.717, 1.165) is 11.1 Å². The van der Waals surface area contributed by atoms with Gasteiger partial charge in [-0.15, -0.1) is 0 Å². The van der Waals surface area contributed by atoms with Crippen molar-refractivity contribution in [1.29, 1.82) is 0 Å². The second kappa shape index (κ2) is 8.93. The first-order valence-electron chi connectivity index (χ1n) is 10.7. The second-order valence-electron chi connectivity index (χ2n) is 8.10. The minimum Gasteiger partial charge on any atom is -0.475 e. The van der Waals surface area contributed by atoms with Gasteiger partial charge in [0.05, 0.1) is 5.56 Å². The summed E-state index contributed by atoms with van der Waals surface area (Å²) < 4.78 is 15.1. The Bertz CT molecular complexity index is 1470. The Hall–Kier alpha value is -4.67. The van der Waals surface area contributed by atoms with Gasteiger partial charge in [0.15, 0.2) is 0 Å². The van der Waals surface area contributed by atoms with Crippen molar-refractivity contribution in [1.82, 2.24) is 29.6 Å². The van der Waals surface area contributed by atoms with Gasteiger partial charge in [-0.3, -0.25) is 9.59 Å². The van der Waals surface area contributed by atoms with Crippen molar-refractivity contribution >= 4 is 23.4 Å². The molecular formula is C24H19FN6O4. The fourth-order valence-corrected chi connectivity index (χ4v) is 3.93. The molecule has 35 heavy (non-hydrogen) atoms. The molecule has 0 atom stereocenters. The van der Waals surface area contributed by atoms with Gasteiger partial charge in [0, 0.05) is 50.0 Å². The van der Waals surface area contributed by atoms with E-state index in [1.165, 1.54) is 24.5 Å². The number of amides is 2. The first-order chi connectivity index (χ1) is 16.9. The monoisotopic (exact) mass is 474 g/mol. The zero-order valence-corrected chi connectivity index (χ0v) is 18.3. The van der Waals surface area contributed by atoms with Crippen LogP contribution in [-0.4, -0.2) is 53.7 Å². The summed E-state index contributed by atoms with van der Waals surface area (Å²) in [5, 5.41) is 11.6. The fourth-order valence-electron chi connectivity index (χ4n) is 3.93. The lowest BCUT2D eigenvalue weighted by atomic mass is 9.99. The quantitative estimate of drug-likeness (QED) is 0.453. The van der Waals surface area contributed by atoms with Crippen molar-refractivity contribution in [2.45, 2.75) is 19.5 Å². The van der Waals surface area contributed by atoms with E-state index in [9.17, 15) is 18.8 Å². The summed E-state index contributed by atoms with van der Waals surface area (Å²) in [5.41, 5.74) is 3.49. The minimum atomic E-state index is -1.23. The molecule has 2 amide bonds. The lowest BCUT2D eigenvalue weighted by molar-refractivity contribution is 0.0681. The highest BCUT2D eigenvalue weighted by atomic mass is 19.1. The summed E-state index contributed by atoms with van der Waals surface area (Å²) in [6.07, 6.45) is 6.40. The van der Waals surface area contributed by atoms with E-state index < -0.39 is 5.97 Å². The third-order valence-corrected chi connectivity index (χ3v) is 5.75. The number of carbonyl (C=O) groups is 3. The van der Waals surface area contributed by atoms with Crippen molar-refractivity contribution in [3.05, 3.63) is 94.7 Å². The standard InChI is InChI=1S/C24H19FN6O4/c25-18-3-1-16-11-30(6-5-15(16)7-18)23(33)19-13-31-12-17(2-4-20(31)29-19)22(32)28-10-14-8-26-21(24(34)35)27-9-14/h1-4,7-9,12-13H,5-6,10-11H2,(H,28,32)(H,34,35). The molecule has 3 aromatic heterocycles. The topological polar surface area (TPSA) is 130 Å². The maximum atomic E-state index is 13.5. The number of nitrogens with one attached hydrogen (secondary N) is 1. The fraction of sp³-hybridized carbons (Fsp3) is 0.167. The number of imidazole rings is 1. The molecule has 1 aliphatic heterocycles. The Morgan fingerprint density at radius 2 is 1.86 bits per heavy atom. The highest BCUT2D eigenvalue weighted by Crippen LogP contribution is 2.21. The van der Waals surface area contributed by atoms with E-state index in [4.69, 9.17) is 5.11 Å². The van der Waals surface area contributed by atoms with Crippen molar-refractivity contribution in [2.75, 3.05) is 6.54 Å². The average Bonchev–Trinajstić information content (AvgIpc) is 3.30. The first-order valence-corrected chi connectivity index (χ1v) is 10.7. The van der Waals surface area contributed by atoms with Crippen LogP contribution in [0.3, 0.4) is 0 Å². The summed E-state index contributed by atoms with van der Waals surface area (Å²) >= 11 is 0. The first kappa shape index (κ1) is 22.1. The molecule has 4 aromatic rings. The number of nitrogens with zero attached hydrogens (tertiary/aromatic N) is 5. The number of aromatic carboxylic acids is 1. The molecule has 4 heterocycles. The number of carboxylic acid groups (broad SMARTS) is 1. The van der Waals surface area contributed by atoms with Gasteiger partial charge in [-0.1, -0.05) is 6.07 Å². The Kier molecular flexibility index (Phi) is 5.65. The second-order valence-corrected chi connectivity index (χ2v) is 8.10. The molecule has 11 heteroatoms. The van der Waals surface area contributed by atoms with Gasteiger partial charge in [-0.05, 0) is 41.8 Å². The predicted molar refractivity (Wildman–Crippen MR) is 120 cm³/mol. The lowest BCUT2D eigenvalue weighted by Gasteiger charge is -2.28. The van der Waals surface area contributed by atoms with Crippen LogP contribution in [0.4, 0.5) is 4.39 Å². The normalized spacial score (nSPS) is 12.9. The summed E-state index contributed by atoms with van der Waals surface area (Å²) in [4.78, 5) is 49.9. The lowest BCUT2D eigenvalue weighted by Crippen LogP contribution is -2.36. The highest BCUT2D eigenvalue weighted by molar-refractivity contribution is 5.95. The number of aromatic nitrogens is 4. The molecule has 1 aliphatic rings. The van der Waals surface area contributed by atoms with Crippen LogP contribution in [0.15, 0.2) is 55.1 Å². The third-order valence-electron chi connectivity index (χ3n) is 5.75. The van der Waals surface area contributed by atoms with Crippen molar-refractivity contribution in [3.8, 4) is 0 Å². The maximum absolute atomic E-state index is 13.5. The number of halogens is 1. The summed E-state index contributed by atoms with van der Waals surface area (Å²) in [6.45, 7) is 0.964. The number of hydrogen-bond acceptors (Lipinski definition) is 6. The minimum absolute atomic E-state index is 0.116. The molecule has 0 aliphatic carbocycles.